The fourth-order valence-corrected chi connectivity index (χ4v) is 6.78. The van der Waals surface area contributed by atoms with E-state index in [0.29, 0.717) is 42.9 Å². The molecule has 0 saturated heterocycles. The van der Waals surface area contributed by atoms with E-state index in [1.807, 2.05) is 42.5 Å². The average molecular weight is 619 g/mol. The van der Waals surface area contributed by atoms with E-state index in [1.165, 1.54) is 4.57 Å². The fourth-order valence-electron chi connectivity index (χ4n) is 5.32. The van der Waals surface area contributed by atoms with Crippen molar-refractivity contribution in [3.8, 4) is 0 Å². The molecule has 0 fully saturated rings. The number of halogens is 2. The quantitative estimate of drug-likeness (QED) is 0.280. The van der Waals surface area contributed by atoms with E-state index in [1.54, 1.807) is 56.0 Å². The largest absolute Gasteiger partial charge is 0.459 e. The first-order chi connectivity index (χ1) is 20.2. The van der Waals surface area contributed by atoms with Gasteiger partial charge < -0.3 is 9.64 Å². The molecule has 2 aliphatic heterocycles. The van der Waals surface area contributed by atoms with Gasteiger partial charge >= 0.3 is 5.97 Å². The summed E-state index contributed by atoms with van der Waals surface area (Å²) in [5, 5.41) is 1.07. The van der Waals surface area contributed by atoms with Gasteiger partial charge in [-0.2, -0.15) is 0 Å². The Bertz CT molecular complexity index is 1980. The topological polar surface area (TPSA) is 81.0 Å². The highest BCUT2D eigenvalue weighted by molar-refractivity contribution is 7.07. The minimum absolute atomic E-state index is 0.245. The second-order valence-electron chi connectivity index (χ2n) is 10.3. The Hall–Kier alpha value is -3.98. The van der Waals surface area contributed by atoms with Crippen LogP contribution >= 0.6 is 34.5 Å². The van der Waals surface area contributed by atoms with Gasteiger partial charge in [0.15, 0.2) is 4.80 Å². The van der Waals surface area contributed by atoms with Crippen LogP contribution in [0.2, 0.25) is 10.0 Å². The number of para-hydroxylation sites is 1. The normalized spacial score (nSPS) is 17.3. The van der Waals surface area contributed by atoms with Crippen LogP contribution in [0.1, 0.15) is 43.5 Å². The third kappa shape index (κ3) is 4.79. The lowest BCUT2D eigenvalue weighted by atomic mass is 9.96. The van der Waals surface area contributed by atoms with E-state index in [2.05, 4.69) is 4.99 Å². The number of nitrogens with zero attached hydrogens (tertiary/aromatic N) is 3. The molecule has 7 nitrogen and oxygen atoms in total. The average Bonchev–Trinajstić information content (AvgIpc) is 3.41. The molecule has 0 N–H and O–H groups in total. The van der Waals surface area contributed by atoms with Crippen LogP contribution in [0, 0.1) is 0 Å². The van der Waals surface area contributed by atoms with E-state index in [0.717, 1.165) is 16.9 Å². The first-order valence-corrected chi connectivity index (χ1v) is 14.9. The zero-order chi connectivity index (χ0) is 29.7. The first kappa shape index (κ1) is 28.2. The number of thiazole rings is 1. The molecule has 1 amide bonds. The minimum Gasteiger partial charge on any atom is -0.459 e. The molecule has 4 aromatic rings. The Morgan fingerprint density at radius 2 is 1.69 bits per heavy atom. The van der Waals surface area contributed by atoms with Crippen molar-refractivity contribution < 1.29 is 14.3 Å². The van der Waals surface area contributed by atoms with Crippen LogP contribution in [0.15, 0.2) is 93.9 Å². The molecule has 0 saturated carbocycles. The molecule has 2 aliphatic rings. The van der Waals surface area contributed by atoms with Crippen LogP contribution < -0.4 is 19.8 Å². The summed E-state index contributed by atoms with van der Waals surface area (Å²) in [4.78, 5) is 48.4. The van der Waals surface area contributed by atoms with E-state index in [4.69, 9.17) is 27.9 Å². The summed E-state index contributed by atoms with van der Waals surface area (Å²) in [6.45, 7) is 5.50. The summed E-state index contributed by atoms with van der Waals surface area (Å²) >= 11 is 13.7. The smallest absolute Gasteiger partial charge is 0.338 e. The molecule has 10 heteroatoms. The third-order valence-electron chi connectivity index (χ3n) is 7.18. The van der Waals surface area contributed by atoms with E-state index < -0.39 is 17.6 Å². The second kappa shape index (κ2) is 11.0. The summed E-state index contributed by atoms with van der Waals surface area (Å²) in [5.74, 6) is -0.864. The zero-order valence-corrected chi connectivity index (χ0v) is 25.3. The van der Waals surface area contributed by atoms with Crippen LogP contribution in [0.25, 0.3) is 5.57 Å². The van der Waals surface area contributed by atoms with Crippen molar-refractivity contribution in [2.24, 2.45) is 4.99 Å². The fraction of sp³-hybridized carbons (Fsp3) is 0.188. The summed E-state index contributed by atoms with van der Waals surface area (Å²) in [5.41, 5.74) is 3.37. The molecular formula is C32H25Cl2N3O4S. The molecule has 42 heavy (non-hydrogen) atoms. The molecule has 0 bridgehead atoms. The van der Waals surface area contributed by atoms with Crippen molar-refractivity contribution in [1.29, 1.82) is 0 Å². The molecular weight excluding hydrogens is 593 g/mol. The van der Waals surface area contributed by atoms with Crippen molar-refractivity contribution in [2.75, 3.05) is 4.90 Å². The number of fused-ring (bicyclic) bond motifs is 2. The molecule has 0 unspecified atom stereocenters. The summed E-state index contributed by atoms with van der Waals surface area (Å²) < 4.78 is 7.30. The standard InChI is InChI=1S/C32H25Cl2N3O4S/c1-17(2)41-31(40)25-18(3)35-32-37(27(25)19-12-14-21(33)15-13-19)30(39)28(42-32)26-22-9-5-7-11-24(22)36(29(26)38)16-20-8-4-6-10-23(20)34/h4-15,17,27H,16H2,1-3H3/b28-26+/t27-/m0/s1. The van der Waals surface area contributed by atoms with Gasteiger partial charge in [-0.1, -0.05) is 83.1 Å². The Kier molecular flexibility index (Phi) is 7.39. The number of aromatic nitrogens is 1. The molecule has 3 aromatic carbocycles. The van der Waals surface area contributed by atoms with Crippen molar-refractivity contribution >= 4 is 57.7 Å². The number of anilines is 1. The van der Waals surface area contributed by atoms with Crippen molar-refractivity contribution in [1.82, 2.24) is 4.57 Å². The molecule has 1 aromatic heterocycles. The third-order valence-corrected chi connectivity index (χ3v) is 8.86. The Morgan fingerprint density at radius 3 is 2.40 bits per heavy atom. The van der Waals surface area contributed by atoms with Gasteiger partial charge in [-0.05, 0) is 56.2 Å². The summed E-state index contributed by atoms with van der Waals surface area (Å²) in [6, 6.07) is 20.9. The zero-order valence-electron chi connectivity index (χ0n) is 22.9. The lowest BCUT2D eigenvalue weighted by Gasteiger charge is -2.25. The number of allylic oxidation sites excluding steroid dienone is 1. The molecule has 6 rings (SSSR count). The SMILES string of the molecule is CC1=C(C(=O)OC(C)C)[C@H](c2ccc(Cl)cc2)n2c(s/c(=C3/C(=O)N(Cc4ccccc4Cl)c4ccccc43)c2=O)=N1. The van der Waals surface area contributed by atoms with E-state index in [-0.39, 0.29) is 28.7 Å². The van der Waals surface area contributed by atoms with Crippen LogP contribution in [-0.4, -0.2) is 22.5 Å². The monoisotopic (exact) mass is 617 g/mol. The number of hydrogen-bond donors (Lipinski definition) is 0. The molecule has 1 atom stereocenters. The number of ether oxygens (including phenoxy) is 1. The number of rotatable bonds is 5. The van der Waals surface area contributed by atoms with Crippen LogP contribution in [0.3, 0.4) is 0 Å². The van der Waals surface area contributed by atoms with Gasteiger partial charge in [-0.15, -0.1) is 0 Å². The predicted molar refractivity (Wildman–Crippen MR) is 164 cm³/mol. The van der Waals surface area contributed by atoms with Crippen molar-refractivity contribution in [3.63, 3.8) is 0 Å². The Morgan fingerprint density at radius 1 is 1.00 bits per heavy atom. The summed E-state index contributed by atoms with van der Waals surface area (Å²) in [6.07, 6.45) is -0.368. The van der Waals surface area contributed by atoms with Crippen molar-refractivity contribution in [2.45, 2.75) is 39.5 Å². The van der Waals surface area contributed by atoms with E-state index in [9.17, 15) is 14.4 Å². The molecule has 0 radical (unpaired) electrons. The number of carbonyl (C=O) groups excluding carboxylic acids is 2. The predicted octanol–water partition coefficient (Wildman–Crippen LogP) is 5.41. The number of hydrogen-bond acceptors (Lipinski definition) is 6. The number of esters is 1. The van der Waals surface area contributed by atoms with Gasteiger partial charge in [0.25, 0.3) is 11.5 Å². The van der Waals surface area contributed by atoms with Crippen molar-refractivity contribution in [3.05, 3.63) is 130 Å². The number of carbonyl (C=O) groups is 2. The highest BCUT2D eigenvalue weighted by atomic mass is 35.5. The van der Waals surface area contributed by atoms with E-state index >= 15 is 0 Å². The van der Waals surface area contributed by atoms with Crippen LogP contribution in [0.4, 0.5) is 5.69 Å². The lowest BCUT2D eigenvalue weighted by Crippen LogP contribution is -2.41. The van der Waals surface area contributed by atoms with Gasteiger partial charge in [-0.25, -0.2) is 9.79 Å². The van der Waals surface area contributed by atoms with Gasteiger partial charge in [0.2, 0.25) is 0 Å². The van der Waals surface area contributed by atoms with Gasteiger partial charge in [-0.3, -0.25) is 14.2 Å². The maximum atomic E-state index is 14.3. The van der Waals surface area contributed by atoms with Gasteiger partial charge in [0, 0.05) is 15.6 Å². The molecule has 0 aliphatic carbocycles. The molecule has 3 heterocycles. The number of benzene rings is 3. The highest BCUT2D eigenvalue weighted by Gasteiger charge is 2.37. The van der Waals surface area contributed by atoms with Gasteiger partial charge in [0.1, 0.15) is 4.53 Å². The van der Waals surface area contributed by atoms with Gasteiger partial charge in [0.05, 0.1) is 41.2 Å². The Balaban J connectivity index is 1.57. The lowest BCUT2D eigenvalue weighted by molar-refractivity contribution is -0.143. The second-order valence-corrected chi connectivity index (χ2v) is 12.1. The maximum Gasteiger partial charge on any atom is 0.338 e. The first-order valence-electron chi connectivity index (χ1n) is 13.3. The Labute approximate surface area is 255 Å². The van der Waals surface area contributed by atoms with Crippen LogP contribution in [0.5, 0.6) is 0 Å². The van der Waals surface area contributed by atoms with Crippen LogP contribution in [-0.2, 0) is 20.9 Å². The number of amides is 1. The highest BCUT2D eigenvalue weighted by Crippen LogP contribution is 2.37. The molecule has 212 valence electrons. The minimum atomic E-state index is -0.815. The summed E-state index contributed by atoms with van der Waals surface area (Å²) in [7, 11) is 0. The maximum absolute atomic E-state index is 14.3. The molecule has 0 spiro atoms.